The van der Waals surface area contributed by atoms with Gasteiger partial charge in [-0.25, -0.2) is 0 Å². The third-order valence-electron chi connectivity index (χ3n) is 11.7. The Bertz CT molecular complexity index is 2100. The van der Waals surface area contributed by atoms with Crippen molar-refractivity contribution in [1.29, 1.82) is 0 Å². The number of aryl methyl sites for hydroxylation is 2. The maximum absolute atomic E-state index is 12.0. The summed E-state index contributed by atoms with van der Waals surface area (Å²) in [6.07, 6.45) is 0.677. The van der Waals surface area contributed by atoms with Crippen LogP contribution < -0.4 is 13.6 Å². The molecule has 4 aromatic carbocycles. The monoisotopic (exact) mass is 807 g/mol. The van der Waals surface area contributed by atoms with E-state index in [-0.39, 0.29) is 38.4 Å². The van der Waals surface area contributed by atoms with Crippen LogP contribution in [0.4, 0.5) is 0 Å². The van der Waals surface area contributed by atoms with Gasteiger partial charge in [-0.2, -0.15) is 0 Å². The van der Waals surface area contributed by atoms with E-state index in [9.17, 15) is 5.11 Å². The zero-order valence-corrected chi connectivity index (χ0v) is 40.9. The lowest BCUT2D eigenvalue weighted by Gasteiger charge is -2.35. The highest BCUT2D eigenvalue weighted by molar-refractivity contribution is 7.43. The van der Waals surface area contributed by atoms with Crippen LogP contribution in [-0.2, 0) is 38.9 Å². The Kier molecular flexibility index (Phi) is 12.0. The van der Waals surface area contributed by atoms with E-state index in [0.29, 0.717) is 12.2 Å². The van der Waals surface area contributed by atoms with Gasteiger partial charge in [0.2, 0.25) is 0 Å². The molecular formula is C53H75O4P. The highest BCUT2D eigenvalue weighted by atomic mass is 31.2. The van der Waals surface area contributed by atoms with Gasteiger partial charge in [0.05, 0.1) is 0 Å². The number of phenols is 1. The lowest BCUT2D eigenvalue weighted by Crippen LogP contribution is -2.23. The average molecular weight is 807 g/mol. The third-order valence-corrected chi connectivity index (χ3v) is 12.6. The van der Waals surface area contributed by atoms with Crippen LogP contribution in [0.3, 0.4) is 0 Å². The van der Waals surface area contributed by atoms with Crippen LogP contribution in [0.5, 0.6) is 23.0 Å². The standard InChI is InChI=1S/C53H75O4P/c1-31-22-38(44(54)40(24-31)50(10,11)12)33(3)39-23-32(2)25-41(51(13,14)15)47(39)57-58-55-45-34(27-36(48(4,5)6)29-42(45)52(16,17)18)26-35-28-37(49(7,8)9)30-43(46(35)56-58)53(19,20)21/h22-25,27-30,33,54H,26H2,1-21H3. The third kappa shape index (κ3) is 9.59. The minimum absolute atomic E-state index is 0.0649. The van der Waals surface area contributed by atoms with Crippen LogP contribution in [0.25, 0.3) is 0 Å². The van der Waals surface area contributed by atoms with Crippen molar-refractivity contribution in [1.82, 2.24) is 0 Å². The zero-order chi connectivity index (χ0) is 43.9. The first-order valence-electron chi connectivity index (χ1n) is 21.4. The SMILES string of the molecule is Cc1cc(C(C)c2cc(C)cc(C(C)(C)C)c2OP2Oc3c(cc(C(C)(C)C)cc3C(C)(C)C)Cc3cc(C(C)(C)C)cc(C(C)(C)C)c3O2)c(O)c(C(C)(C)C)c1. The van der Waals surface area contributed by atoms with Gasteiger partial charge >= 0.3 is 8.60 Å². The first-order chi connectivity index (χ1) is 26.2. The van der Waals surface area contributed by atoms with Gasteiger partial charge in [-0.05, 0) is 74.2 Å². The molecule has 0 spiro atoms. The van der Waals surface area contributed by atoms with Gasteiger partial charge in [-0.15, -0.1) is 0 Å². The van der Waals surface area contributed by atoms with Crippen LogP contribution in [0.1, 0.15) is 204 Å². The van der Waals surface area contributed by atoms with Crippen molar-refractivity contribution >= 4 is 8.60 Å². The largest absolute Gasteiger partial charge is 0.530 e. The Balaban J connectivity index is 1.86. The van der Waals surface area contributed by atoms with Gasteiger partial charge in [0.25, 0.3) is 0 Å². The molecule has 0 radical (unpaired) electrons. The van der Waals surface area contributed by atoms with Gasteiger partial charge in [-0.1, -0.05) is 191 Å². The van der Waals surface area contributed by atoms with Crippen LogP contribution in [0.15, 0.2) is 48.5 Å². The number of rotatable bonds is 4. The fourth-order valence-corrected chi connectivity index (χ4v) is 9.17. The van der Waals surface area contributed by atoms with E-state index in [1.54, 1.807) is 0 Å². The van der Waals surface area contributed by atoms with Crippen molar-refractivity contribution in [2.24, 2.45) is 0 Å². The lowest BCUT2D eigenvalue weighted by molar-refractivity contribution is 0.363. The van der Waals surface area contributed by atoms with Crippen LogP contribution >= 0.6 is 8.60 Å². The molecule has 316 valence electrons. The summed E-state index contributed by atoms with van der Waals surface area (Å²) >= 11 is 0. The van der Waals surface area contributed by atoms with Gasteiger partial charge in [0.15, 0.2) is 0 Å². The molecule has 1 heterocycles. The van der Waals surface area contributed by atoms with Crippen molar-refractivity contribution in [2.75, 3.05) is 0 Å². The second-order valence-electron chi connectivity index (χ2n) is 23.4. The molecule has 0 saturated heterocycles. The number of benzene rings is 4. The molecule has 0 amide bonds. The molecule has 58 heavy (non-hydrogen) atoms. The van der Waals surface area contributed by atoms with Gasteiger partial charge < -0.3 is 18.7 Å². The number of hydrogen-bond donors (Lipinski definition) is 1. The second kappa shape index (κ2) is 15.2. The molecule has 0 bridgehead atoms. The Hall–Kier alpha value is -3.49. The van der Waals surface area contributed by atoms with Crippen molar-refractivity contribution in [2.45, 2.75) is 190 Å². The van der Waals surface area contributed by atoms with E-state index in [1.165, 1.54) is 11.1 Å². The molecule has 1 N–H and O–H groups in total. The molecule has 5 heteroatoms. The van der Waals surface area contributed by atoms with Gasteiger partial charge in [0, 0.05) is 40.2 Å². The second-order valence-corrected chi connectivity index (χ2v) is 24.4. The zero-order valence-electron chi connectivity index (χ0n) is 40.0. The van der Waals surface area contributed by atoms with Gasteiger partial charge in [0.1, 0.15) is 23.0 Å². The Morgan fingerprint density at radius 2 is 0.879 bits per heavy atom. The summed E-state index contributed by atoms with van der Waals surface area (Å²) in [5.41, 5.74) is 12.3. The van der Waals surface area contributed by atoms with Gasteiger partial charge in [-0.3, -0.25) is 0 Å². The summed E-state index contributed by atoms with van der Waals surface area (Å²) in [5.74, 6) is 2.60. The summed E-state index contributed by atoms with van der Waals surface area (Å²) in [4.78, 5) is 0. The molecule has 0 aromatic heterocycles. The fraction of sp³-hybridized carbons (Fsp3) is 0.547. The molecule has 0 fully saturated rings. The molecule has 0 aliphatic carbocycles. The summed E-state index contributed by atoms with van der Waals surface area (Å²) in [7, 11) is -2.05. The van der Waals surface area contributed by atoms with Crippen LogP contribution in [-0.4, -0.2) is 5.11 Å². The van der Waals surface area contributed by atoms with Crippen LogP contribution in [0, 0.1) is 13.8 Å². The normalized spacial score (nSPS) is 15.1. The summed E-state index contributed by atoms with van der Waals surface area (Å²) in [6, 6.07) is 18.1. The molecule has 1 atom stereocenters. The molecule has 4 aromatic rings. The summed E-state index contributed by atoms with van der Waals surface area (Å²) < 4.78 is 22.0. The molecule has 1 aliphatic rings. The van der Waals surface area contributed by atoms with Crippen molar-refractivity contribution in [3.8, 4) is 23.0 Å². The number of aromatic hydroxyl groups is 1. The summed E-state index contributed by atoms with van der Waals surface area (Å²) in [5, 5.41) is 12.0. The van der Waals surface area contributed by atoms with E-state index < -0.39 is 8.60 Å². The number of hydrogen-bond acceptors (Lipinski definition) is 4. The molecule has 5 rings (SSSR count). The van der Waals surface area contributed by atoms with Crippen molar-refractivity contribution < 1.29 is 18.7 Å². The van der Waals surface area contributed by atoms with E-state index in [4.69, 9.17) is 13.6 Å². The van der Waals surface area contributed by atoms with E-state index in [0.717, 1.165) is 72.9 Å². The maximum atomic E-state index is 12.0. The molecule has 0 saturated carbocycles. The molecule has 4 nitrogen and oxygen atoms in total. The molecular weight excluding hydrogens is 732 g/mol. The lowest BCUT2D eigenvalue weighted by atomic mass is 9.76. The highest BCUT2D eigenvalue weighted by Crippen LogP contribution is 2.56. The summed E-state index contributed by atoms with van der Waals surface area (Å²) in [6.45, 7) is 47.0. The topological polar surface area (TPSA) is 47.9 Å². The Labute approximate surface area is 354 Å². The van der Waals surface area contributed by atoms with E-state index in [2.05, 4.69) is 194 Å². The van der Waals surface area contributed by atoms with Crippen LogP contribution in [0.2, 0.25) is 0 Å². The minimum atomic E-state index is -2.05. The molecule has 1 aliphatic heterocycles. The number of phenolic OH excluding ortho intramolecular Hbond substituents is 1. The Morgan fingerprint density at radius 1 is 0.500 bits per heavy atom. The quantitative estimate of drug-likeness (QED) is 0.209. The first kappa shape index (κ1) is 45.6. The average Bonchev–Trinajstić information content (AvgIpc) is 3.03. The molecule has 1 unspecified atom stereocenters. The minimum Gasteiger partial charge on any atom is -0.507 e. The maximum Gasteiger partial charge on any atom is 0.530 e. The predicted molar refractivity (Wildman–Crippen MR) is 248 cm³/mol. The Morgan fingerprint density at radius 3 is 1.26 bits per heavy atom. The first-order valence-corrected chi connectivity index (χ1v) is 22.5. The smallest absolute Gasteiger partial charge is 0.507 e. The van der Waals surface area contributed by atoms with Crippen molar-refractivity contribution in [3.63, 3.8) is 0 Å². The number of fused-ring (bicyclic) bond motifs is 2. The highest BCUT2D eigenvalue weighted by Gasteiger charge is 2.38. The van der Waals surface area contributed by atoms with E-state index >= 15 is 0 Å². The van der Waals surface area contributed by atoms with E-state index in [1.807, 2.05) is 0 Å². The van der Waals surface area contributed by atoms with Crippen molar-refractivity contribution in [3.05, 3.63) is 115 Å². The predicted octanol–water partition coefficient (Wildman–Crippen LogP) is 15.6. The fourth-order valence-electron chi connectivity index (χ4n) is 7.98.